The minimum absolute atomic E-state index is 0.0174. The summed E-state index contributed by atoms with van der Waals surface area (Å²) in [5, 5.41) is 0. The first-order valence-corrected chi connectivity index (χ1v) is 10.3. The maximum Gasteiger partial charge on any atom is 0.346 e. The molecule has 26 heavy (non-hydrogen) atoms. The van der Waals surface area contributed by atoms with Crippen LogP contribution in [0, 0.1) is 0 Å². The van der Waals surface area contributed by atoms with E-state index in [0.29, 0.717) is 0 Å². The van der Waals surface area contributed by atoms with E-state index >= 15 is 0 Å². The lowest BCUT2D eigenvalue weighted by Gasteiger charge is -2.37. The lowest BCUT2D eigenvalue weighted by atomic mass is 10.0. The smallest absolute Gasteiger partial charge is 0.346 e. The minimum atomic E-state index is -5.99. The first kappa shape index (κ1) is 24.9. The molecule has 0 aliphatic rings. The predicted octanol–water partition coefficient (Wildman–Crippen LogP) is 3.76. The number of nitrogens with zero attached hydrogens (tertiary/aromatic N) is 3. The van der Waals surface area contributed by atoms with Crippen LogP contribution < -0.4 is 0 Å². The molecule has 0 spiro atoms. The van der Waals surface area contributed by atoms with Gasteiger partial charge in [0.15, 0.2) is 17.9 Å². The molecule has 0 radical (unpaired) electrons. The van der Waals surface area contributed by atoms with Crippen molar-refractivity contribution in [3.05, 3.63) is 0 Å². The summed E-state index contributed by atoms with van der Waals surface area (Å²) in [7, 11) is 1.55. The van der Waals surface area contributed by atoms with Gasteiger partial charge in [0.25, 0.3) is 6.43 Å². The van der Waals surface area contributed by atoms with Crippen LogP contribution in [0.15, 0.2) is 4.66 Å². The van der Waals surface area contributed by atoms with Gasteiger partial charge in [0.2, 0.25) is 14.4 Å². The molecule has 0 aromatic heterocycles. The van der Waals surface area contributed by atoms with E-state index in [1.165, 1.54) is 38.0 Å². The van der Waals surface area contributed by atoms with Gasteiger partial charge in [0.05, 0.1) is 0 Å². The Morgan fingerprint density at radius 2 is 1.19 bits per heavy atom. The summed E-state index contributed by atoms with van der Waals surface area (Å²) in [5.41, 5.74) is 0. The van der Waals surface area contributed by atoms with Gasteiger partial charge in [-0.05, 0) is 13.1 Å². The van der Waals surface area contributed by atoms with Crippen molar-refractivity contribution in [1.82, 2.24) is 9.80 Å². The van der Waals surface area contributed by atoms with Crippen LogP contribution in [0.5, 0.6) is 0 Å². The molecule has 0 aromatic rings. The molecule has 0 N–H and O–H groups in total. The molecule has 0 rings (SSSR count). The van der Waals surface area contributed by atoms with Crippen LogP contribution in [0.2, 0.25) is 13.1 Å². The Morgan fingerprint density at radius 1 is 0.808 bits per heavy atom. The van der Waals surface area contributed by atoms with E-state index in [-0.39, 0.29) is 5.96 Å². The fourth-order valence-corrected chi connectivity index (χ4v) is 4.15. The standard InChI is InChI=1S/C13H22F9N3Si/c1-24(2)11(25(3)4)23-26(5,6)10(18)13(21,22)12(19,20)8(15)7(14)9(16)17/h7-10H,1-6H3. The average Bonchev–Trinajstić information content (AvgIpc) is 2.49. The molecule has 0 heterocycles. The molecule has 156 valence electrons. The largest absolute Gasteiger partial charge is 0.350 e. The fourth-order valence-electron chi connectivity index (χ4n) is 2.04. The van der Waals surface area contributed by atoms with E-state index in [4.69, 9.17) is 0 Å². The zero-order valence-electron chi connectivity index (χ0n) is 15.1. The average molecular weight is 419 g/mol. The highest BCUT2D eigenvalue weighted by atomic mass is 28.3. The molecule has 0 aromatic carbocycles. The summed E-state index contributed by atoms with van der Waals surface area (Å²) in [6.07, 6.45) is -13.0. The van der Waals surface area contributed by atoms with E-state index in [1.54, 1.807) is 0 Å². The van der Waals surface area contributed by atoms with Gasteiger partial charge in [-0.1, -0.05) is 0 Å². The first-order chi connectivity index (χ1) is 11.4. The summed E-state index contributed by atoms with van der Waals surface area (Å²) >= 11 is 0. The zero-order valence-corrected chi connectivity index (χ0v) is 16.1. The quantitative estimate of drug-likeness (QED) is 0.271. The van der Waals surface area contributed by atoms with Gasteiger partial charge >= 0.3 is 11.8 Å². The van der Waals surface area contributed by atoms with Gasteiger partial charge in [0.1, 0.15) is 0 Å². The van der Waals surface area contributed by atoms with Crippen LogP contribution in [-0.2, 0) is 0 Å². The van der Waals surface area contributed by atoms with E-state index in [1.807, 2.05) is 0 Å². The van der Waals surface area contributed by atoms with Gasteiger partial charge in [-0.25, -0.2) is 22.0 Å². The van der Waals surface area contributed by atoms with E-state index in [0.717, 1.165) is 13.1 Å². The molecule has 0 saturated heterocycles. The van der Waals surface area contributed by atoms with Crippen LogP contribution in [-0.4, -0.2) is 88.6 Å². The number of halogens is 9. The van der Waals surface area contributed by atoms with Crippen molar-refractivity contribution in [2.24, 2.45) is 4.66 Å². The van der Waals surface area contributed by atoms with Crippen LogP contribution in [0.3, 0.4) is 0 Å². The molecule has 0 aliphatic heterocycles. The highest BCUT2D eigenvalue weighted by Crippen LogP contribution is 2.46. The number of rotatable bonds is 7. The zero-order chi connectivity index (χ0) is 21.2. The maximum absolute atomic E-state index is 14.4. The van der Waals surface area contributed by atoms with Crippen LogP contribution in [0.1, 0.15) is 0 Å². The second-order valence-electron chi connectivity index (χ2n) is 6.64. The van der Waals surface area contributed by atoms with Crippen molar-refractivity contribution in [2.75, 3.05) is 28.2 Å². The van der Waals surface area contributed by atoms with Crippen molar-refractivity contribution in [2.45, 2.75) is 49.5 Å². The Bertz CT molecular complexity index is 487. The van der Waals surface area contributed by atoms with Gasteiger partial charge in [-0.15, -0.1) is 0 Å². The Hall–Kier alpha value is -1.14. The van der Waals surface area contributed by atoms with Crippen molar-refractivity contribution in [3.63, 3.8) is 0 Å². The summed E-state index contributed by atoms with van der Waals surface area (Å²) in [6.45, 7) is 1.75. The monoisotopic (exact) mass is 419 g/mol. The normalized spacial score (nSPS) is 16.9. The third-order valence-electron chi connectivity index (χ3n) is 3.44. The Labute approximate surface area is 146 Å². The minimum Gasteiger partial charge on any atom is -0.350 e. The molecule has 3 unspecified atom stereocenters. The number of guanidine groups is 1. The fraction of sp³-hybridized carbons (Fsp3) is 0.923. The Morgan fingerprint density at radius 3 is 1.50 bits per heavy atom. The Balaban J connectivity index is 5.93. The molecule has 0 saturated carbocycles. The third kappa shape index (κ3) is 4.97. The van der Waals surface area contributed by atoms with Crippen molar-refractivity contribution < 1.29 is 39.5 Å². The predicted molar refractivity (Wildman–Crippen MR) is 82.9 cm³/mol. The molecule has 0 bridgehead atoms. The third-order valence-corrected chi connectivity index (χ3v) is 5.82. The second kappa shape index (κ2) is 8.25. The maximum atomic E-state index is 14.4. The molecule has 3 atom stereocenters. The number of hydrogen-bond acceptors (Lipinski definition) is 1. The topological polar surface area (TPSA) is 18.8 Å². The SMILES string of the molecule is CN(C)C(=N[Si](C)(C)C(F)C(F)(F)C(F)(F)C(F)C(F)C(F)F)N(C)C. The summed E-state index contributed by atoms with van der Waals surface area (Å²) < 4.78 is 124. The number of alkyl halides is 9. The second-order valence-corrected chi connectivity index (χ2v) is 10.7. The molecular weight excluding hydrogens is 397 g/mol. The van der Waals surface area contributed by atoms with Crippen LogP contribution in [0.25, 0.3) is 0 Å². The lowest BCUT2D eigenvalue weighted by molar-refractivity contribution is -0.267. The summed E-state index contributed by atoms with van der Waals surface area (Å²) in [4.78, 5) is 2.62. The molecule has 0 fully saturated rings. The van der Waals surface area contributed by atoms with Crippen LogP contribution >= 0.6 is 0 Å². The number of hydrogen-bond donors (Lipinski definition) is 0. The van der Waals surface area contributed by atoms with Crippen molar-refractivity contribution in [3.8, 4) is 0 Å². The molecule has 0 aliphatic carbocycles. The first-order valence-electron chi connectivity index (χ1n) is 7.31. The van der Waals surface area contributed by atoms with Crippen LogP contribution in [0.4, 0.5) is 39.5 Å². The van der Waals surface area contributed by atoms with Crippen molar-refractivity contribution in [1.29, 1.82) is 0 Å². The molecule has 0 amide bonds. The van der Waals surface area contributed by atoms with Gasteiger partial charge < -0.3 is 9.80 Å². The van der Waals surface area contributed by atoms with Gasteiger partial charge in [0, 0.05) is 28.2 Å². The van der Waals surface area contributed by atoms with Gasteiger partial charge in [-0.3, -0.25) is 4.66 Å². The lowest BCUT2D eigenvalue weighted by Crippen LogP contribution is -2.63. The molecular formula is C13H22F9N3Si. The molecule has 3 nitrogen and oxygen atoms in total. The molecule has 13 heteroatoms. The highest BCUT2D eigenvalue weighted by molar-refractivity contribution is 6.78. The van der Waals surface area contributed by atoms with E-state index in [2.05, 4.69) is 4.66 Å². The van der Waals surface area contributed by atoms with Crippen molar-refractivity contribution >= 4 is 14.2 Å². The van der Waals surface area contributed by atoms with Gasteiger partial charge in [-0.2, -0.15) is 17.6 Å². The van der Waals surface area contributed by atoms with E-state index in [9.17, 15) is 39.5 Å². The summed E-state index contributed by atoms with van der Waals surface area (Å²) in [5.74, 6) is -15.4. The Kier molecular flexibility index (Phi) is 7.89. The highest BCUT2D eigenvalue weighted by Gasteiger charge is 2.71. The summed E-state index contributed by atoms with van der Waals surface area (Å²) in [6, 6.07) is 0. The van der Waals surface area contributed by atoms with E-state index < -0.39 is 44.6 Å².